The summed E-state index contributed by atoms with van der Waals surface area (Å²) in [7, 11) is 3.26. The third-order valence-corrected chi connectivity index (χ3v) is 4.94. The molecule has 6 heteroatoms. The first-order chi connectivity index (χ1) is 13.7. The molecule has 3 aromatic rings. The second-order valence-corrected chi connectivity index (χ2v) is 6.75. The molecule has 2 aromatic carbocycles. The Balaban J connectivity index is 1.57. The predicted molar refractivity (Wildman–Crippen MR) is 106 cm³/mol. The monoisotopic (exact) mass is 380 g/mol. The van der Waals surface area contributed by atoms with Crippen molar-refractivity contribution >= 4 is 0 Å². The number of hydrogen-bond acceptors (Lipinski definition) is 6. The molecule has 0 N–H and O–H groups in total. The van der Waals surface area contributed by atoms with Crippen LogP contribution in [-0.4, -0.2) is 37.3 Å². The molecule has 146 valence electrons. The molecule has 6 nitrogen and oxygen atoms in total. The van der Waals surface area contributed by atoms with Gasteiger partial charge in [0.2, 0.25) is 5.89 Å². The van der Waals surface area contributed by atoms with Crippen LogP contribution >= 0.6 is 0 Å². The first-order valence-electron chi connectivity index (χ1n) is 9.29. The van der Waals surface area contributed by atoms with Crippen LogP contribution in [0.3, 0.4) is 0 Å². The third kappa shape index (κ3) is 3.68. The van der Waals surface area contributed by atoms with Gasteiger partial charge in [-0.2, -0.15) is 0 Å². The fraction of sp³-hybridized carbons (Fsp3) is 0.318. The van der Waals surface area contributed by atoms with E-state index in [1.54, 1.807) is 14.2 Å². The van der Waals surface area contributed by atoms with Crippen LogP contribution < -0.4 is 14.2 Å². The fourth-order valence-electron chi connectivity index (χ4n) is 3.39. The second-order valence-electron chi connectivity index (χ2n) is 6.75. The van der Waals surface area contributed by atoms with E-state index in [4.69, 9.17) is 23.6 Å². The summed E-state index contributed by atoms with van der Waals surface area (Å²) in [6, 6.07) is 13.8. The lowest BCUT2D eigenvalue weighted by Gasteiger charge is -2.17. The van der Waals surface area contributed by atoms with Gasteiger partial charge in [0.25, 0.3) is 0 Å². The lowest BCUT2D eigenvalue weighted by molar-refractivity contribution is 0.217. The van der Waals surface area contributed by atoms with E-state index in [1.807, 2.05) is 43.3 Å². The Morgan fingerprint density at radius 3 is 2.79 bits per heavy atom. The maximum atomic E-state index is 5.97. The molecule has 0 radical (unpaired) electrons. The maximum absolute atomic E-state index is 5.97. The van der Waals surface area contributed by atoms with Crippen LogP contribution in [0.2, 0.25) is 0 Å². The van der Waals surface area contributed by atoms with Gasteiger partial charge in [0.1, 0.15) is 29.6 Å². The average Bonchev–Trinajstić information content (AvgIpc) is 2.95. The summed E-state index contributed by atoms with van der Waals surface area (Å²) in [6.45, 7) is 4.97. The molecule has 1 aromatic heterocycles. The zero-order valence-electron chi connectivity index (χ0n) is 16.4. The number of fused-ring (bicyclic) bond motifs is 1. The van der Waals surface area contributed by atoms with E-state index >= 15 is 0 Å². The van der Waals surface area contributed by atoms with Crippen molar-refractivity contribution in [2.75, 3.05) is 27.4 Å². The molecule has 0 aliphatic carbocycles. The van der Waals surface area contributed by atoms with Gasteiger partial charge >= 0.3 is 0 Å². The number of ether oxygens (including phenoxy) is 3. The minimum absolute atomic E-state index is 0.554. The Morgan fingerprint density at radius 2 is 1.96 bits per heavy atom. The van der Waals surface area contributed by atoms with Crippen molar-refractivity contribution in [3.63, 3.8) is 0 Å². The van der Waals surface area contributed by atoms with Crippen molar-refractivity contribution in [2.45, 2.75) is 20.0 Å². The highest BCUT2D eigenvalue weighted by atomic mass is 16.5. The SMILES string of the molecule is COc1ccc(-c2nc(CN3CCOc4ccccc4C3)c(C)o2)c(OC)c1. The smallest absolute Gasteiger partial charge is 0.230 e. The van der Waals surface area contributed by atoms with Gasteiger partial charge in [0.05, 0.1) is 25.5 Å². The van der Waals surface area contributed by atoms with Gasteiger partial charge in [-0.25, -0.2) is 4.98 Å². The molecule has 1 aliphatic heterocycles. The minimum Gasteiger partial charge on any atom is -0.497 e. The summed E-state index contributed by atoms with van der Waals surface area (Å²) in [5, 5.41) is 0. The first-order valence-corrected chi connectivity index (χ1v) is 9.29. The quantitative estimate of drug-likeness (QED) is 0.665. The zero-order valence-corrected chi connectivity index (χ0v) is 16.4. The van der Waals surface area contributed by atoms with E-state index in [1.165, 1.54) is 5.56 Å². The van der Waals surface area contributed by atoms with E-state index in [2.05, 4.69) is 11.0 Å². The van der Waals surface area contributed by atoms with Crippen molar-refractivity contribution in [3.8, 4) is 28.7 Å². The molecule has 0 fully saturated rings. The highest BCUT2D eigenvalue weighted by Crippen LogP contribution is 2.34. The molecule has 0 atom stereocenters. The first kappa shape index (κ1) is 18.4. The lowest BCUT2D eigenvalue weighted by atomic mass is 10.2. The molecule has 28 heavy (non-hydrogen) atoms. The van der Waals surface area contributed by atoms with Crippen molar-refractivity contribution in [2.24, 2.45) is 0 Å². The molecule has 0 saturated heterocycles. The molecule has 1 aliphatic rings. The summed E-state index contributed by atoms with van der Waals surface area (Å²) in [6.07, 6.45) is 0. The number of rotatable bonds is 5. The highest BCUT2D eigenvalue weighted by molar-refractivity contribution is 5.65. The molecule has 0 spiro atoms. The lowest BCUT2D eigenvalue weighted by Crippen LogP contribution is -2.25. The van der Waals surface area contributed by atoms with Gasteiger partial charge in [-0.15, -0.1) is 0 Å². The number of nitrogens with zero attached hydrogens (tertiary/aromatic N) is 2. The average molecular weight is 380 g/mol. The minimum atomic E-state index is 0.554. The second kappa shape index (κ2) is 7.94. The molecular formula is C22H24N2O4. The topological polar surface area (TPSA) is 57.0 Å². The molecule has 0 saturated carbocycles. The Hall–Kier alpha value is -2.99. The summed E-state index contributed by atoms with van der Waals surface area (Å²) in [5.41, 5.74) is 2.92. The van der Waals surface area contributed by atoms with E-state index in [-0.39, 0.29) is 0 Å². The number of benzene rings is 2. The molecular weight excluding hydrogens is 356 g/mol. The van der Waals surface area contributed by atoms with E-state index in [0.717, 1.165) is 41.6 Å². The van der Waals surface area contributed by atoms with Gasteiger partial charge in [-0.1, -0.05) is 18.2 Å². The van der Waals surface area contributed by atoms with Gasteiger partial charge < -0.3 is 18.6 Å². The van der Waals surface area contributed by atoms with Crippen LogP contribution in [0, 0.1) is 6.92 Å². The van der Waals surface area contributed by atoms with Crippen molar-refractivity contribution in [1.82, 2.24) is 9.88 Å². The molecule has 2 heterocycles. The van der Waals surface area contributed by atoms with Crippen LogP contribution in [0.25, 0.3) is 11.5 Å². The number of hydrogen-bond donors (Lipinski definition) is 0. The zero-order chi connectivity index (χ0) is 19.5. The Kier molecular flexibility index (Phi) is 5.21. The van der Waals surface area contributed by atoms with Crippen molar-refractivity contribution in [3.05, 3.63) is 59.5 Å². The predicted octanol–water partition coefficient (Wildman–Crippen LogP) is 4.06. The molecule has 0 bridgehead atoms. The largest absolute Gasteiger partial charge is 0.497 e. The van der Waals surface area contributed by atoms with Gasteiger partial charge in [0, 0.05) is 31.3 Å². The van der Waals surface area contributed by atoms with E-state index < -0.39 is 0 Å². The third-order valence-electron chi connectivity index (χ3n) is 4.94. The highest BCUT2D eigenvalue weighted by Gasteiger charge is 2.20. The van der Waals surface area contributed by atoms with E-state index in [9.17, 15) is 0 Å². The number of para-hydroxylation sites is 1. The van der Waals surface area contributed by atoms with Crippen LogP contribution in [-0.2, 0) is 13.1 Å². The number of oxazole rings is 1. The maximum Gasteiger partial charge on any atom is 0.230 e. The van der Waals surface area contributed by atoms with Crippen LogP contribution in [0.15, 0.2) is 46.9 Å². The summed E-state index contributed by atoms with van der Waals surface area (Å²) >= 11 is 0. The van der Waals surface area contributed by atoms with Crippen LogP contribution in [0.5, 0.6) is 17.2 Å². The van der Waals surface area contributed by atoms with Crippen LogP contribution in [0.1, 0.15) is 17.0 Å². The van der Waals surface area contributed by atoms with Crippen molar-refractivity contribution in [1.29, 1.82) is 0 Å². The number of aromatic nitrogens is 1. The summed E-state index contributed by atoms with van der Waals surface area (Å²) in [5.74, 6) is 3.73. The molecule has 0 unspecified atom stereocenters. The van der Waals surface area contributed by atoms with Crippen LogP contribution in [0.4, 0.5) is 0 Å². The Bertz CT molecular complexity index is 967. The summed E-state index contributed by atoms with van der Waals surface area (Å²) in [4.78, 5) is 7.08. The number of aryl methyl sites for hydroxylation is 1. The van der Waals surface area contributed by atoms with Gasteiger partial charge in [-0.3, -0.25) is 4.90 Å². The van der Waals surface area contributed by atoms with Gasteiger partial charge in [0.15, 0.2) is 0 Å². The van der Waals surface area contributed by atoms with Crippen molar-refractivity contribution < 1.29 is 18.6 Å². The summed E-state index contributed by atoms with van der Waals surface area (Å²) < 4.78 is 22.6. The molecule has 4 rings (SSSR count). The normalized spacial score (nSPS) is 14.1. The Labute approximate surface area is 164 Å². The van der Waals surface area contributed by atoms with E-state index in [0.29, 0.717) is 24.8 Å². The Morgan fingerprint density at radius 1 is 1.11 bits per heavy atom. The number of methoxy groups -OCH3 is 2. The standard InChI is InChI=1S/C22H24N2O4/c1-15-19(14-24-10-11-27-20-7-5-4-6-16(20)13-24)23-22(28-15)18-9-8-17(25-2)12-21(18)26-3/h4-9,12H,10-11,13-14H2,1-3H3. The van der Waals surface area contributed by atoms with Gasteiger partial charge in [-0.05, 0) is 25.1 Å². The fourth-order valence-corrected chi connectivity index (χ4v) is 3.39. The molecule has 0 amide bonds.